The van der Waals surface area contributed by atoms with E-state index in [1.807, 2.05) is 0 Å². The zero-order valence-corrected chi connectivity index (χ0v) is 35.7. The first-order valence-corrected chi connectivity index (χ1v) is 21.5. The molecule has 0 aliphatic carbocycles. The second-order valence-corrected chi connectivity index (χ2v) is 16.4. The van der Waals surface area contributed by atoms with Gasteiger partial charge in [-0.15, -0.1) is 0 Å². The van der Waals surface area contributed by atoms with Crippen LogP contribution in [-0.2, 0) is 0 Å². The normalized spacial score (nSPS) is 11.2. The van der Waals surface area contributed by atoms with Gasteiger partial charge in [0.15, 0.2) is 0 Å². The molecule has 0 aliphatic rings. The van der Waals surface area contributed by atoms with Gasteiger partial charge in [0.2, 0.25) is 0 Å². The fourth-order valence-corrected chi connectivity index (χ4v) is 9.56. The van der Waals surface area contributed by atoms with E-state index in [2.05, 4.69) is 256 Å². The molecule has 298 valence electrons. The number of hydrogen-bond acceptors (Lipinski definition) is 2. The largest absolute Gasteiger partial charge is 0.309 e. The molecule has 0 aliphatic heterocycles. The van der Waals surface area contributed by atoms with Gasteiger partial charge in [0.1, 0.15) is 0 Å². The van der Waals surface area contributed by atoms with E-state index in [0.717, 1.165) is 22.7 Å². The third-order valence-electron chi connectivity index (χ3n) is 12.2. The number of aryl methyl sites for hydroxylation is 4. The average molecular weight is 797 g/mol. The third kappa shape index (κ3) is 7.00. The molecule has 0 spiro atoms. The molecule has 2 nitrogen and oxygen atoms in total. The molecule has 0 bridgehead atoms. The van der Waals surface area contributed by atoms with Crippen molar-refractivity contribution in [2.45, 2.75) is 27.7 Å². The van der Waals surface area contributed by atoms with Gasteiger partial charge in [0.25, 0.3) is 0 Å². The van der Waals surface area contributed by atoms with Crippen LogP contribution in [0.15, 0.2) is 218 Å². The van der Waals surface area contributed by atoms with Crippen LogP contribution in [0.5, 0.6) is 0 Å². The van der Waals surface area contributed by atoms with Crippen LogP contribution in [0.1, 0.15) is 22.3 Å². The Bertz CT molecular complexity index is 2960. The number of anilines is 6. The number of hydrogen-bond donors (Lipinski definition) is 0. The van der Waals surface area contributed by atoms with Crippen LogP contribution in [0, 0.1) is 27.7 Å². The van der Waals surface area contributed by atoms with Crippen molar-refractivity contribution in [2.75, 3.05) is 9.80 Å². The van der Waals surface area contributed by atoms with Gasteiger partial charge in [-0.25, -0.2) is 0 Å². The van der Waals surface area contributed by atoms with Crippen LogP contribution in [0.25, 0.3) is 54.9 Å². The zero-order chi connectivity index (χ0) is 42.2. The highest BCUT2D eigenvalue weighted by atomic mass is 15.2. The Kier molecular flexibility index (Phi) is 10.2. The Hall–Kier alpha value is -7.68. The molecule has 10 aromatic carbocycles. The molecule has 10 aromatic rings. The van der Waals surface area contributed by atoms with E-state index in [1.54, 1.807) is 0 Å². The standard InChI is InChI=1S/C60H48N2/c1-41-37-49(38-42(2)59(41)61(57-35-19-27-47-25-11-13-29-53(47)57)55-33-17-15-31-51(55)45-21-7-5-8-22-45)50-39-43(3)60(44(4)40-50)62(58-36-20-28-48-26-12-14-30-54(48)58)56-34-18-16-32-52(56)46-23-9-6-10-24-46/h5-40H,1-4H3. The molecule has 10 rings (SSSR count). The Balaban J connectivity index is 1.14. The third-order valence-corrected chi connectivity index (χ3v) is 12.2. The summed E-state index contributed by atoms with van der Waals surface area (Å²) in [5, 5.41) is 4.86. The topological polar surface area (TPSA) is 6.48 Å². The van der Waals surface area contributed by atoms with Crippen molar-refractivity contribution < 1.29 is 0 Å². The summed E-state index contributed by atoms with van der Waals surface area (Å²) in [6.45, 7) is 9.08. The molecule has 0 unspecified atom stereocenters. The second-order valence-electron chi connectivity index (χ2n) is 16.4. The minimum absolute atomic E-state index is 1.15. The molecule has 0 N–H and O–H groups in total. The summed E-state index contributed by atoms with van der Waals surface area (Å²) in [4.78, 5) is 4.98. The lowest BCUT2D eigenvalue weighted by atomic mass is 9.92. The van der Waals surface area contributed by atoms with Gasteiger partial charge in [0, 0.05) is 21.9 Å². The predicted octanol–water partition coefficient (Wildman–Crippen LogP) is 17.2. The quantitative estimate of drug-likeness (QED) is 0.144. The van der Waals surface area contributed by atoms with Crippen molar-refractivity contribution in [2.24, 2.45) is 0 Å². The monoisotopic (exact) mass is 796 g/mol. The zero-order valence-electron chi connectivity index (χ0n) is 35.7. The number of nitrogens with zero attached hydrogens (tertiary/aromatic N) is 2. The van der Waals surface area contributed by atoms with Crippen LogP contribution in [0.2, 0.25) is 0 Å². The molecule has 62 heavy (non-hydrogen) atoms. The summed E-state index contributed by atoms with van der Waals surface area (Å²) < 4.78 is 0. The maximum Gasteiger partial charge on any atom is 0.0540 e. The lowest BCUT2D eigenvalue weighted by molar-refractivity contribution is 1.22. The minimum atomic E-state index is 1.15. The van der Waals surface area contributed by atoms with Crippen LogP contribution < -0.4 is 9.80 Å². The molecule has 2 heteroatoms. The molecule has 0 atom stereocenters. The van der Waals surface area contributed by atoms with Crippen molar-refractivity contribution in [3.8, 4) is 33.4 Å². The summed E-state index contributed by atoms with van der Waals surface area (Å²) in [6, 6.07) is 79.4. The summed E-state index contributed by atoms with van der Waals surface area (Å²) in [5.41, 5.74) is 19.0. The van der Waals surface area contributed by atoms with E-state index >= 15 is 0 Å². The lowest BCUT2D eigenvalue weighted by Gasteiger charge is -2.32. The summed E-state index contributed by atoms with van der Waals surface area (Å²) in [6.07, 6.45) is 0. The lowest BCUT2D eigenvalue weighted by Crippen LogP contribution is -2.15. The molecule has 0 heterocycles. The fraction of sp³-hybridized carbons (Fsp3) is 0.0667. The van der Waals surface area contributed by atoms with Gasteiger partial charge in [-0.05, 0) is 132 Å². The SMILES string of the molecule is Cc1cc(-c2cc(C)c(N(c3ccccc3-c3ccccc3)c3cccc4ccccc34)c(C)c2)cc(C)c1N(c1ccccc1-c1ccccc1)c1cccc2ccccc12. The van der Waals surface area contributed by atoms with E-state index in [4.69, 9.17) is 0 Å². The molecule has 0 radical (unpaired) electrons. The molecular weight excluding hydrogens is 749 g/mol. The molecule has 0 aromatic heterocycles. The van der Waals surface area contributed by atoms with Crippen LogP contribution in [0.4, 0.5) is 34.1 Å². The molecule has 0 saturated heterocycles. The van der Waals surface area contributed by atoms with Crippen molar-refractivity contribution >= 4 is 55.7 Å². The first-order valence-electron chi connectivity index (χ1n) is 21.5. The van der Waals surface area contributed by atoms with Crippen molar-refractivity contribution in [1.82, 2.24) is 0 Å². The van der Waals surface area contributed by atoms with Crippen molar-refractivity contribution in [1.29, 1.82) is 0 Å². The van der Waals surface area contributed by atoms with Gasteiger partial charge in [-0.1, -0.05) is 170 Å². The number of benzene rings is 10. The first kappa shape index (κ1) is 38.5. The van der Waals surface area contributed by atoms with Crippen LogP contribution in [-0.4, -0.2) is 0 Å². The summed E-state index contributed by atoms with van der Waals surface area (Å²) in [7, 11) is 0. The predicted molar refractivity (Wildman–Crippen MR) is 266 cm³/mol. The molecular formula is C60H48N2. The minimum Gasteiger partial charge on any atom is -0.309 e. The van der Waals surface area contributed by atoms with Crippen LogP contribution in [0.3, 0.4) is 0 Å². The van der Waals surface area contributed by atoms with E-state index in [0.29, 0.717) is 0 Å². The highest BCUT2D eigenvalue weighted by Gasteiger charge is 2.25. The first-order chi connectivity index (χ1) is 30.4. The maximum atomic E-state index is 2.49. The van der Waals surface area contributed by atoms with E-state index in [-0.39, 0.29) is 0 Å². The molecule has 0 amide bonds. The summed E-state index contributed by atoms with van der Waals surface area (Å²) >= 11 is 0. The molecule has 0 saturated carbocycles. The van der Waals surface area contributed by atoms with E-state index < -0.39 is 0 Å². The van der Waals surface area contributed by atoms with Gasteiger partial charge in [-0.2, -0.15) is 0 Å². The fourth-order valence-electron chi connectivity index (χ4n) is 9.56. The smallest absolute Gasteiger partial charge is 0.0540 e. The Morgan fingerprint density at radius 2 is 0.565 bits per heavy atom. The maximum absolute atomic E-state index is 2.49. The highest BCUT2D eigenvalue weighted by molar-refractivity contribution is 6.04. The summed E-state index contributed by atoms with van der Waals surface area (Å²) in [5.74, 6) is 0. The van der Waals surface area contributed by atoms with E-state index in [9.17, 15) is 0 Å². The van der Waals surface area contributed by atoms with Gasteiger partial charge in [0.05, 0.1) is 34.1 Å². The van der Waals surface area contributed by atoms with E-state index in [1.165, 1.54) is 88.6 Å². The highest BCUT2D eigenvalue weighted by Crippen LogP contribution is 2.49. The number of rotatable bonds is 9. The van der Waals surface area contributed by atoms with Gasteiger partial charge >= 0.3 is 0 Å². The van der Waals surface area contributed by atoms with Crippen LogP contribution >= 0.6 is 0 Å². The number of para-hydroxylation sites is 2. The van der Waals surface area contributed by atoms with Crippen molar-refractivity contribution in [3.63, 3.8) is 0 Å². The average Bonchev–Trinajstić information content (AvgIpc) is 3.31. The van der Waals surface area contributed by atoms with Crippen molar-refractivity contribution in [3.05, 3.63) is 241 Å². The second kappa shape index (κ2) is 16.4. The Morgan fingerprint density at radius 3 is 0.968 bits per heavy atom. The molecule has 0 fully saturated rings. The van der Waals surface area contributed by atoms with Gasteiger partial charge in [-0.3, -0.25) is 0 Å². The Morgan fingerprint density at radius 1 is 0.258 bits per heavy atom. The number of fused-ring (bicyclic) bond motifs is 2. The van der Waals surface area contributed by atoms with Gasteiger partial charge < -0.3 is 9.80 Å². The Labute approximate surface area is 365 Å².